The maximum Gasteiger partial charge on any atom is 0.220 e. The first-order valence-electron chi connectivity index (χ1n) is 12.8. The summed E-state index contributed by atoms with van der Waals surface area (Å²) in [6.45, 7) is 11.9. The van der Waals surface area contributed by atoms with Gasteiger partial charge >= 0.3 is 0 Å². The molecule has 178 valence electrons. The second kappa shape index (κ2) is 9.28. The molecular weight excluding hydrogens is 390 g/mol. The number of nitrogens with zero attached hydrogens (tertiary/aromatic N) is 1. The van der Waals surface area contributed by atoms with Crippen LogP contribution in [0, 0.1) is 16.7 Å². The van der Waals surface area contributed by atoms with E-state index in [1.165, 1.54) is 19.3 Å². The van der Waals surface area contributed by atoms with Gasteiger partial charge in [-0.25, -0.2) is 0 Å². The second-order valence-electron chi connectivity index (χ2n) is 11.8. The molecule has 0 aromatic heterocycles. The van der Waals surface area contributed by atoms with Crippen LogP contribution < -0.4 is 10.6 Å². The van der Waals surface area contributed by atoms with E-state index in [4.69, 9.17) is 4.74 Å². The van der Waals surface area contributed by atoms with Crippen LogP contribution in [0.25, 0.3) is 0 Å². The number of fused-ring (bicyclic) bond motifs is 1. The lowest BCUT2D eigenvalue weighted by atomic mass is 9.57. The summed E-state index contributed by atoms with van der Waals surface area (Å²) < 4.78 is 5.40. The average Bonchev–Trinajstić information content (AvgIpc) is 2.90. The fourth-order valence-electron chi connectivity index (χ4n) is 6.94. The molecule has 1 amide bonds. The fraction of sp³-hybridized carbons (Fsp3) is 0.960. The molecule has 0 unspecified atom stereocenters. The molecule has 0 aromatic rings. The van der Waals surface area contributed by atoms with Crippen molar-refractivity contribution in [2.75, 3.05) is 39.4 Å². The first-order valence-corrected chi connectivity index (χ1v) is 12.8. The van der Waals surface area contributed by atoms with Crippen molar-refractivity contribution in [2.24, 2.45) is 16.7 Å². The smallest absolute Gasteiger partial charge is 0.220 e. The monoisotopic (exact) mass is 435 g/mol. The number of morpholine rings is 1. The average molecular weight is 436 g/mol. The third-order valence-electron chi connectivity index (χ3n) is 9.05. The van der Waals surface area contributed by atoms with Crippen LogP contribution in [0.15, 0.2) is 0 Å². The van der Waals surface area contributed by atoms with Gasteiger partial charge in [-0.1, -0.05) is 20.3 Å². The van der Waals surface area contributed by atoms with Crippen molar-refractivity contribution in [3.8, 4) is 0 Å². The van der Waals surface area contributed by atoms with Crippen molar-refractivity contribution in [3.63, 3.8) is 0 Å². The van der Waals surface area contributed by atoms with E-state index in [2.05, 4.69) is 29.4 Å². The van der Waals surface area contributed by atoms with Gasteiger partial charge in [0.25, 0.3) is 0 Å². The van der Waals surface area contributed by atoms with Crippen LogP contribution in [-0.2, 0) is 9.53 Å². The first kappa shape index (κ1) is 23.5. The summed E-state index contributed by atoms with van der Waals surface area (Å²) >= 11 is 0. The van der Waals surface area contributed by atoms with Gasteiger partial charge in [-0.3, -0.25) is 9.69 Å². The molecule has 3 saturated carbocycles. The van der Waals surface area contributed by atoms with Gasteiger partial charge in [-0.2, -0.15) is 0 Å². The second-order valence-corrected chi connectivity index (χ2v) is 11.8. The number of ether oxygens (including phenoxy) is 1. The zero-order valence-electron chi connectivity index (χ0n) is 20.0. The van der Waals surface area contributed by atoms with Gasteiger partial charge in [-0.15, -0.1) is 0 Å². The molecule has 4 atom stereocenters. The van der Waals surface area contributed by atoms with Crippen LogP contribution in [0.2, 0.25) is 0 Å². The summed E-state index contributed by atoms with van der Waals surface area (Å²) in [7, 11) is 0. The Balaban J connectivity index is 1.37. The molecule has 0 radical (unpaired) electrons. The molecular formula is C25H45N3O3. The van der Waals surface area contributed by atoms with Gasteiger partial charge in [0.1, 0.15) is 0 Å². The highest BCUT2D eigenvalue weighted by Gasteiger charge is 2.61. The Morgan fingerprint density at radius 3 is 2.55 bits per heavy atom. The number of hydrogen-bond donors (Lipinski definition) is 3. The lowest BCUT2D eigenvalue weighted by Gasteiger charge is -2.51. The van der Waals surface area contributed by atoms with E-state index >= 15 is 0 Å². The molecule has 4 aliphatic rings. The van der Waals surface area contributed by atoms with E-state index in [0.29, 0.717) is 24.4 Å². The normalized spacial score (nSPS) is 38.5. The highest BCUT2D eigenvalue weighted by Crippen LogP contribution is 2.64. The summed E-state index contributed by atoms with van der Waals surface area (Å²) in [4.78, 5) is 15.1. The molecule has 3 N–H and O–H groups in total. The van der Waals surface area contributed by atoms with E-state index in [1.54, 1.807) is 0 Å². The number of nitrogens with one attached hydrogen (secondary N) is 2. The quantitative estimate of drug-likeness (QED) is 0.547. The van der Waals surface area contributed by atoms with Crippen LogP contribution in [-0.4, -0.2) is 73.0 Å². The predicted molar refractivity (Wildman–Crippen MR) is 123 cm³/mol. The zero-order chi connectivity index (χ0) is 22.1. The summed E-state index contributed by atoms with van der Waals surface area (Å²) in [5.74, 6) is 0.647. The van der Waals surface area contributed by atoms with E-state index in [-0.39, 0.29) is 16.7 Å². The van der Waals surface area contributed by atoms with Crippen molar-refractivity contribution in [2.45, 2.75) is 96.2 Å². The lowest BCUT2D eigenvalue weighted by molar-refractivity contribution is -0.123. The highest BCUT2D eigenvalue weighted by atomic mass is 16.5. The molecule has 31 heavy (non-hydrogen) atoms. The summed E-state index contributed by atoms with van der Waals surface area (Å²) in [6.07, 6.45) is 9.34. The molecule has 4 rings (SSSR count). The lowest BCUT2D eigenvalue weighted by Crippen LogP contribution is -2.54. The van der Waals surface area contributed by atoms with E-state index in [9.17, 15) is 9.90 Å². The van der Waals surface area contributed by atoms with Crippen molar-refractivity contribution < 1.29 is 14.6 Å². The number of amides is 1. The van der Waals surface area contributed by atoms with Gasteiger partial charge in [0.2, 0.25) is 5.91 Å². The fourth-order valence-corrected chi connectivity index (χ4v) is 6.94. The Kier molecular flexibility index (Phi) is 7.03. The highest BCUT2D eigenvalue weighted by molar-refractivity contribution is 5.75. The first-order chi connectivity index (χ1) is 14.7. The van der Waals surface area contributed by atoms with Crippen LogP contribution in [0.3, 0.4) is 0 Å². The van der Waals surface area contributed by atoms with Crippen molar-refractivity contribution in [1.82, 2.24) is 15.5 Å². The van der Waals surface area contributed by atoms with E-state index in [1.807, 2.05) is 6.92 Å². The minimum Gasteiger partial charge on any atom is -0.390 e. The Labute approximate surface area is 188 Å². The summed E-state index contributed by atoms with van der Waals surface area (Å²) in [6, 6.07) is 1.12. The van der Waals surface area contributed by atoms with Gasteiger partial charge in [0.15, 0.2) is 0 Å². The van der Waals surface area contributed by atoms with E-state index in [0.717, 1.165) is 71.5 Å². The van der Waals surface area contributed by atoms with Gasteiger partial charge in [0.05, 0.1) is 18.8 Å². The van der Waals surface area contributed by atoms with Gasteiger partial charge in [0, 0.05) is 44.7 Å². The predicted octanol–water partition coefficient (Wildman–Crippen LogP) is 2.69. The van der Waals surface area contributed by atoms with Crippen LogP contribution >= 0.6 is 0 Å². The Hall–Kier alpha value is -0.690. The number of carbonyl (C=O) groups is 1. The molecule has 1 heterocycles. The van der Waals surface area contributed by atoms with Crippen LogP contribution in [0.4, 0.5) is 0 Å². The Morgan fingerprint density at radius 1 is 1.13 bits per heavy atom. The molecule has 1 aliphatic heterocycles. The standard InChI is InChI=1S/C25H45N3O3/c1-23(2)18-21(27-19-5-4-6-19)25(10-9-24(3,30)17-20(23)25)8-7-22(29)26-11-12-28-13-15-31-16-14-28/h19-21,27,30H,4-18H2,1-3H3,(H,26,29)/t20-,21-,24-,25-/m0/s1. The van der Waals surface area contributed by atoms with E-state index < -0.39 is 5.60 Å². The molecule has 0 aromatic carbocycles. The molecule has 1 saturated heterocycles. The number of aliphatic hydroxyl groups is 1. The van der Waals surface area contributed by atoms with Crippen LogP contribution in [0.1, 0.15) is 78.6 Å². The minimum atomic E-state index is -0.572. The number of carbonyl (C=O) groups excluding carboxylic acids is 1. The molecule has 4 fully saturated rings. The third-order valence-corrected chi connectivity index (χ3v) is 9.05. The third kappa shape index (κ3) is 5.29. The molecule has 3 aliphatic carbocycles. The largest absolute Gasteiger partial charge is 0.390 e. The van der Waals surface area contributed by atoms with Crippen LogP contribution in [0.5, 0.6) is 0 Å². The van der Waals surface area contributed by atoms with Gasteiger partial charge in [-0.05, 0) is 68.6 Å². The maximum absolute atomic E-state index is 12.8. The summed E-state index contributed by atoms with van der Waals surface area (Å²) in [5, 5.41) is 18.1. The summed E-state index contributed by atoms with van der Waals surface area (Å²) in [5.41, 5.74) is -0.251. The minimum absolute atomic E-state index is 0.128. The number of hydrogen-bond acceptors (Lipinski definition) is 5. The molecule has 0 bridgehead atoms. The van der Waals surface area contributed by atoms with Gasteiger partial charge < -0.3 is 20.5 Å². The van der Waals surface area contributed by atoms with Crippen molar-refractivity contribution >= 4 is 5.91 Å². The molecule has 6 heteroatoms. The van der Waals surface area contributed by atoms with Crippen molar-refractivity contribution in [1.29, 1.82) is 0 Å². The SMILES string of the molecule is CC1(C)C[C@H](NC2CCC2)[C@@]2(CCC(=O)NCCN3CCOCC3)CC[C@](C)(O)C[C@@H]12. The maximum atomic E-state index is 12.8. The zero-order valence-corrected chi connectivity index (χ0v) is 20.0. The Bertz CT molecular complexity index is 628. The molecule has 0 spiro atoms. The van der Waals surface area contributed by atoms with Crippen molar-refractivity contribution in [3.05, 3.63) is 0 Å². The topological polar surface area (TPSA) is 73.8 Å². The Morgan fingerprint density at radius 2 is 1.87 bits per heavy atom. The number of rotatable bonds is 8. The molecule has 6 nitrogen and oxygen atoms in total.